The monoisotopic (exact) mass is 496 g/mol. The van der Waals surface area contributed by atoms with Crippen LogP contribution in [0.25, 0.3) is 0 Å². The Morgan fingerprint density at radius 2 is 1.88 bits per heavy atom. The summed E-state index contributed by atoms with van der Waals surface area (Å²) in [6, 6.07) is 0. The molecule has 0 aromatic heterocycles. The third-order valence-corrected chi connectivity index (χ3v) is 10.3. The van der Waals surface area contributed by atoms with E-state index in [0.717, 1.165) is 11.8 Å². The minimum Gasteiger partial charge on any atom is -0.463 e. The lowest BCUT2D eigenvalue weighted by Crippen LogP contribution is -2.61. The van der Waals surface area contributed by atoms with Crippen LogP contribution in [-0.2, 0) is 19.1 Å². The molecule has 4 aliphatic carbocycles. The Morgan fingerprint density at radius 3 is 2.56 bits per heavy atom. The van der Waals surface area contributed by atoms with E-state index in [2.05, 4.69) is 0 Å². The van der Waals surface area contributed by atoms with Gasteiger partial charge in [-0.1, -0.05) is 13.8 Å². The fourth-order valence-corrected chi connectivity index (χ4v) is 8.16. The van der Waals surface area contributed by atoms with Gasteiger partial charge in [0.15, 0.2) is 11.2 Å². The Morgan fingerprint density at radius 1 is 1.18 bits per heavy atom. The van der Waals surface area contributed by atoms with Crippen molar-refractivity contribution >= 4 is 29.3 Å². The van der Waals surface area contributed by atoms with Gasteiger partial charge in [-0.3, -0.25) is 9.59 Å². The van der Waals surface area contributed by atoms with Crippen LogP contribution >= 0.6 is 11.8 Å². The average Bonchev–Trinajstić information content (AvgIpc) is 3.05. The number of ether oxygens (including phenoxy) is 1. The average molecular weight is 497 g/mol. The topological polar surface area (TPSA) is 141 Å². The second kappa shape index (κ2) is 9.00. The molecule has 4 N–H and O–H groups in total. The first-order valence-corrected chi connectivity index (χ1v) is 13.3. The van der Waals surface area contributed by atoms with E-state index < -0.39 is 51.9 Å². The summed E-state index contributed by atoms with van der Waals surface area (Å²) in [4.78, 5) is 38.0. The minimum atomic E-state index is -1.43. The largest absolute Gasteiger partial charge is 0.463 e. The highest BCUT2D eigenvalue weighted by Gasteiger charge is 2.67. The van der Waals surface area contributed by atoms with Crippen molar-refractivity contribution in [2.75, 3.05) is 12.4 Å². The van der Waals surface area contributed by atoms with Gasteiger partial charge in [-0.15, -0.1) is 11.8 Å². The second-order valence-corrected chi connectivity index (χ2v) is 12.0. The van der Waals surface area contributed by atoms with Crippen molar-refractivity contribution in [3.8, 4) is 0 Å². The molecule has 0 aliphatic heterocycles. The zero-order valence-corrected chi connectivity index (χ0v) is 20.8. The third-order valence-electron chi connectivity index (χ3n) is 9.38. The molecule has 4 aliphatic rings. The van der Waals surface area contributed by atoms with Gasteiger partial charge in [0, 0.05) is 17.3 Å². The first-order valence-electron chi connectivity index (χ1n) is 12.2. The lowest BCUT2D eigenvalue weighted by Gasteiger charge is -2.59. The van der Waals surface area contributed by atoms with Gasteiger partial charge < -0.3 is 25.2 Å². The molecule has 0 heterocycles. The predicted octanol–water partition coefficient (Wildman–Crippen LogP) is 1.37. The van der Waals surface area contributed by atoms with Gasteiger partial charge in [-0.05, 0) is 68.4 Å². The molecule has 3 fully saturated rings. The Balaban J connectivity index is 1.57. The molecule has 8 nitrogen and oxygen atoms in total. The number of ketones is 2. The van der Waals surface area contributed by atoms with Gasteiger partial charge >= 0.3 is 5.97 Å². The van der Waals surface area contributed by atoms with Gasteiger partial charge in [0.25, 0.3) is 0 Å². The molecular weight excluding hydrogens is 460 g/mol. The van der Waals surface area contributed by atoms with Crippen molar-refractivity contribution in [3.63, 3.8) is 0 Å². The normalized spacial score (nSPS) is 44.4. The molecule has 0 spiro atoms. The molecule has 0 aromatic carbocycles. The molecule has 0 bridgehead atoms. The summed E-state index contributed by atoms with van der Waals surface area (Å²) in [6.07, 6.45) is 2.32. The predicted molar refractivity (Wildman–Crippen MR) is 125 cm³/mol. The number of Topliss-reactive ketones (excluding diaryl/α,β-unsaturated/α-hetero) is 1. The molecule has 190 valence electrons. The molecule has 3 saturated carbocycles. The van der Waals surface area contributed by atoms with E-state index in [9.17, 15) is 34.8 Å². The number of allylic oxidation sites excluding steroid dienone is 1. The van der Waals surface area contributed by atoms with Crippen molar-refractivity contribution in [2.24, 2.45) is 28.6 Å². The lowest BCUT2D eigenvalue weighted by atomic mass is 9.46. The van der Waals surface area contributed by atoms with E-state index >= 15 is 0 Å². The summed E-state index contributed by atoms with van der Waals surface area (Å²) in [6.45, 7) is 5.67. The first kappa shape index (κ1) is 25.8. The number of carbonyl (C=O) groups is 3. The number of fused-ring (bicyclic) bond motifs is 5. The van der Waals surface area contributed by atoms with Crippen LogP contribution in [0.4, 0.5) is 0 Å². The number of aliphatic hydroxyl groups excluding tert-OH is 3. The van der Waals surface area contributed by atoms with Crippen LogP contribution in [0.1, 0.15) is 59.3 Å². The van der Waals surface area contributed by atoms with Crippen molar-refractivity contribution in [1.29, 1.82) is 0 Å². The number of hydrogen-bond acceptors (Lipinski definition) is 9. The van der Waals surface area contributed by atoms with E-state index in [0.29, 0.717) is 37.7 Å². The molecule has 2 unspecified atom stereocenters. The van der Waals surface area contributed by atoms with Gasteiger partial charge in [-0.2, -0.15) is 0 Å². The summed E-state index contributed by atoms with van der Waals surface area (Å²) in [5.41, 5.74) is -3.40. The molecule has 4 rings (SSSR count). The molecule has 0 radical (unpaired) electrons. The zero-order chi connectivity index (χ0) is 25.1. The molecule has 0 aromatic rings. The molecule has 0 amide bonds. The summed E-state index contributed by atoms with van der Waals surface area (Å²) in [5.74, 6) is -2.06. The highest BCUT2D eigenvalue weighted by molar-refractivity contribution is 8.01. The highest BCUT2D eigenvalue weighted by atomic mass is 32.2. The standard InChI is InChI=1S/C25H36O8S/c1-4-33-21(30)22(31)34-12-20(29)14-6-8-25(32)15-9-17(26)16-10-18(27)19(28)11-23(16,2)13(15)5-7-24(14,25)3/h9,13-14,16,18-19,22,27-28,31-32H,4-8,10-12H2,1-3H3/t13?,14-,16+,18-,19+,22?,23-,24-,25-/m1/s1. The Labute approximate surface area is 204 Å². The van der Waals surface area contributed by atoms with Gasteiger partial charge in [-0.25, -0.2) is 4.79 Å². The number of rotatable bonds is 6. The van der Waals surface area contributed by atoms with Crippen LogP contribution in [0.2, 0.25) is 0 Å². The lowest BCUT2D eigenvalue weighted by molar-refractivity contribution is -0.153. The SMILES string of the molecule is CCOC(=O)C(O)SCC(=O)[C@H]1CC[C@@]2(O)C3=CC(=O)[C@@H]4C[C@@H](O)[C@@H](O)C[C@]4(C)C3CC[C@]12C. The van der Waals surface area contributed by atoms with Crippen molar-refractivity contribution in [2.45, 2.75) is 82.5 Å². The fourth-order valence-electron chi connectivity index (χ4n) is 7.43. The van der Waals surface area contributed by atoms with Crippen molar-refractivity contribution < 1.29 is 39.5 Å². The van der Waals surface area contributed by atoms with E-state index in [1.807, 2.05) is 13.8 Å². The summed E-state index contributed by atoms with van der Waals surface area (Å²) < 4.78 is 4.79. The van der Waals surface area contributed by atoms with E-state index in [4.69, 9.17) is 4.74 Å². The number of carbonyl (C=O) groups excluding carboxylic acids is 3. The van der Waals surface area contributed by atoms with Crippen molar-refractivity contribution in [3.05, 3.63) is 11.6 Å². The van der Waals surface area contributed by atoms with Gasteiger partial charge in [0.05, 0.1) is 30.2 Å². The third kappa shape index (κ3) is 3.79. The highest BCUT2D eigenvalue weighted by Crippen LogP contribution is 2.67. The smallest absolute Gasteiger partial charge is 0.345 e. The summed E-state index contributed by atoms with van der Waals surface area (Å²) >= 11 is 0.824. The molecule has 0 saturated heterocycles. The molecular formula is C25H36O8S. The number of hydrogen-bond donors (Lipinski definition) is 4. The first-order chi connectivity index (χ1) is 15.9. The molecule has 34 heavy (non-hydrogen) atoms. The summed E-state index contributed by atoms with van der Waals surface area (Å²) in [5, 5.41) is 42.6. The quantitative estimate of drug-likeness (QED) is 0.317. The number of thioether (sulfide) groups is 1. The maximum atomic E-state index is 13.2. The maximum absolute atomic E-state index is 13.2. The van der Waals surface area contributed by atoms with Crippen LogP contribution in [0.3, 0.4) is 0 Å². The fraction of sp³-hybridized carbons (Fsp3) is 0.800. The van der Waals surface area contributed by atoms with E-state index in [1.54, 1.807) is 13.0 Å². The Kier molecular flexibility index (Phi) is 6.83. The Hall–Kier alpha value is -1.26. The van der Waals surface area contributed by atoms with E-state index in [-0.39, 0.29) is 36.3 Å². The van der Waals surface area contributed by atoms with Crippen molar-refractivity contribution in [1.82, 2.24) is 0 Å². The maximum Gasteiger partial charge on any atom is 0.345 e. The van der Waals surface area contributed by atoms with Gasteiger partial charge in [0.1, 0.15) is 5.78 Å². The number of esters is 1. The summed E-state index contributed by atoms with van der Waals surface area (Å²) in [7, 11) is 0. The molecule has 9 heteroatoms. The zero-order valence-electron chi connectivity index (χ0n) is 20.0. The second-order valence-electron chi connectivity index (χ2n) is 11.0. The van der Waals surface area contributed by atoms with Crippen LogP contribution < -0.4 is 0 Å². The molecule has 9 atom stereocenters. The van der Waals surface area contributed by atoms with E-state index in [1.165, 1.54) is 0 Å². The van der Waals surface area contributed by atoms with Crippen LogP contribution in [0, 0.1) is 28.6 Å². The van der Waals surface area contributed by atoms with Gasteiger partial charge in [0.2, 0.25) is 0 Å². The van der Waals surface area contributed by atoms with Crippen LogP contribution in [-0.4, -0.2) is 73.6 Å². The van der Waals surface area contributed by atoms with Crippen LogP contribution in [0.5, 0.6) is 0 Å². The number of aliphatic hydroxyl groups is 4. The Bertz CT molecular complexity index is 903. The minimum absolute atomic E-state index is 0.0679. The van der Waals surface area contributed by atoms with Crippen LogP contribution in [0.15, 0.2) is 11.6 Å².